The van der Waals surface area contributed by atoms with Crippen molar-refractivity contribution in [3.63, 3.8) is 0 Å². The lowest BCUT2D eigenvalue weighted by molar-refractivity contribution is 0.257. The second-order valence-electron chi connectivity index (χ2n) is 0.800. The zero-order valence-electron chi connectivity index (χ0n) is 4.50. The molecule has 0 aliphatic heterocycles. The highest BCUT2D eigenvalue weighted by molar-refractivity contribution is 6.62. The fourth-order valence-electron chi connectivity index (χ4n) is 0. The third-order valence-electron chi connectivity index (χ3n) is 0.156. The Hall–Kier alpha value is -1.10. The summed E-state index contributed by atoms with van der Waals surface area (Å²) in [5.74, 6) is 0. The van der Waals surface area contributed by atoms with E-state index >= 15 is 0 Å². The average Bonchev–Trinajstić information content (AvgIpc) is 1.65. The van der Waals surface area contributed by atoms with Crippen molar-refractivity contribution < 1.29 is 9.59 Å². The van der Waals surface area contributed by atoms with Gasteiger partial charge in [-0.25, -0.2) is 9.79 Å². The van der Waals surface area contributed by atoms with Crippen LogP contribution in [0.4, 0.5) is 9.59 Å². The number of halogens is 1. The summed E-state index contributed by atoms with van der Waals surface area (Å²) >= 11 is 4.41. The predicted molar refractivity (Wildman–Crippen MR) is 34.6 cm³/mol. The van der Waals surface area contributed by atoms with Gasteiger partial charge in [-0.2, -0.15) is 0 Å². The third-order valence-corrected chi connectivity index (χ3v) is 0.156. The lowest BCUT2D eigenvalue weighted by Crippen LogP contribution is -2.01. The topological polar surface area (TPSA) is 98.5 Å². The molecule has 52 valence electrons. The van der Waals surface area contributed by atoms with E-state index in [1.54, 1.807) is 0 Å². The van der Waals surface area contributed by atoms with Gasteiger partial charge in [0.05, 0.1) is 0 Å². The standard InChI is InChI=1S/C2H4N2O.CH2ClNO/c1-4-2(3)5;2-1(3)4/h1H2,(H2,3,5);(H2,3,4). The van der Waals surface area contributed by atoms with Crippen LogP contribution in [-0.4, -0.2) is 18.1 Å². The Morgan fingerprint density at radius 2 is 1.56 bits per heavy atom. The summed E-state index contributed by atoms with van der Waals surface area (Å²) in [7, 11) is 0. The van der Waals surface area contributed by atoms with Crippen molar-refractivity contribution >= 4 is 29.7 Å². The highest BCUT2D eigenvalue weighted by atomic mass is 35.5. The Morgan fingerprint density at radius 3 is 1.56 bits per heavy atom. The van der Waals surface area contributed by atoms with E-state index in [2.05, 4.69) is 34.8 Å². The van der Waals surface area contributed by atoms with Crippen molar-refractivity contribution in [2.45, 2.75) is 0 Å². The molecule has 4 N–H and O–H groups in total. The van der Waals surface area contributed by atoms with Crippen molar-refractivity contribution in [2.75, 3.05) is 0 Å². The first kappa shape index (κ1) is 10.8. The van der Waals surface area contributed by atoms with E-state index in [4.69, 9.17) is 4.79 Å². The molecular weight excluding hydrogens is 146 g/mol. The van der Waals surface area contributed by atoms with E-state index in [0.29, 0.717) is 0 Å². The summed E-state index contributed by atoms with van der Waals surface area (Å²) in [6, 6.07) is -0.731. The molecule has 0 rings (SSSR count). The summed E-state index contributed by atoms with van der Waals surface area (Å²) < 4.78 is 0. The van der Waals surface area contributed by atoms with Gasteiger partial charge >= 0.3 is 11.4 Å². The molecule has 0 aromatic rings. The number of hydrogen-bond donors (Lipinski definition) is 2. The van der Waals surface area contributed by atoms with Crippen LogP contribution in [0.1, 0.15) is 0 Å². The number of hydrogen-bond acceptors (Lipinski definition) is 2. The molecule has 0 spiro atoms. The van der Waals surface area contributed by atoms with Crippen LogP contribution in [0.2, 0.25) is 0 Å². The monoisotopic (exact) mass is 151 g/mol. The molecule has 0 radical (unpaired) electrons. The second-order valence-corrected chi connectivity index (χ2v) is 1.17. The molecule has 0 aromatic carbocycles. The number of amides is 3. The van der Waals surface area contributed by atoms with Gasteiger partial charge in [0.25, 0.3) is 0 Å². The molecule has 0 saturated carbocycles. The van der Waals surface area contributed by atoms with Crippen molar-refractivity contribution in [2.24, 2.45) is 16.5 Å². The summed E-state index contributed by atoms with van der Waals surface area (Å²) in [5, 5.41) is -0.861. The van der Waals surface area contributed by atoms with Crippen LogP contribution >= 0.6 is 11.6 Å². The Labute approximate surface area is 56.7 Å². The SMILES string of the molecule is C=NC(N)=O.NC(=O)Cl. The van der Waals surface area contributed by atoms with Gasteiger partial charge in [0.2, 0.25) is 0 Å². The average molecular weight is 152 g/mol. The summed E-state index contributed by atoms with van der Waals surface area (Å²) in [6.45, 7) is 2.84. The highest BCUT2D eigenvalue weighted by Crippen LogP contribution is 1.62. The first-order valence-corrected chi connectivity index (χ1v) is 2.09. The first-order chi connectivity index (χ1) is 4.00. The van der Waals surface area contributed by atoms with E-state index in [-0.39, 0.29) is 0 Å². The van der Waals surface area contributed by atoms with Crippen LogP contribution < -0.4 is 11.5 Å². The van der Waals surface area contributed by atoms with Gasteiger partial charge in [0.1, 0.15) is 0 Å². The number of nitrogens with zero attached hydrogens (tertiary/aromatic N) is 1. The molecule has 0 fully saturated rings. The van der Waals surface area contributed by atoms with Gasteiger partial charge in [-0.15, -0.1) is 0 Å². The molecule has 3 amide bonds. The highest BCUT2D eigenvalue weighted by Gasteiger charge is 1.70. The quantitative estimate of drug-likeness (QED) is 0.291. The first-order valence-electron chi connectivity index (χ1n) is 1.71. The third kappa shape index (κ3) is 205. The molecule has 0 aromatic heterocycles. The van der Waals surface area contributed by atoms with E-state index in [1.165, 1.54) is 0 Å². The Morgan fingerprint density at radius 1 is 1.44 bits per heavy atom. The summed E-state index contributed by atoms with van der Waals surface area (Å²) in [5.41, 5.74) is 8.66. The Balaban J connectivity index is 0. The second kappa shape index (κ2) is 6.90. The van der Waals surface area contributed by atoms with E-state index < -0.39 is 11.4 Å². The smallest absolute Gasteiger partial charge is 0.337 e. The molecule has 0 saturated heterocycles. The van der Waals surface area contributed by atoms with Gasteiger partial charge in [0, 0.05) is 0 Å². The Bertz CT molecular complexity index is 120. The maximum atomic E-state index is 9.36. The van der Waals surface area contributed by atoms with Crippen molar-refractivity contribution in [1.29, 1.82) is 0 Å². The van der Waals surface area contributed by atoms with Crippen molar-refractivity contribution in [1.82, 2.24) is 0 Å². The number of rotatable bonds is 0. The van der Waals surface area contributed by atoms with Gasteiger partial charge < -0.3 is 11.5 Å². The van der Waals surface area contributed by atoms with Gasteiger partial charge in [-0.05, 0) is 18.3 Å². The molecular formula is C3H6ClN3O2. The maximum absolute atomic E-state index is 9.36. The lowest BCUT2D eigenvalue weighted by Gasteiger charge is -1.66. The number of urea groups is 1. The molecule has 0 aliphatic carbocycles. The number of primary amides is 2. The van der Waals surface area contributed by atoms with E-state index in [1.807, 2.05) is 0 Å². The van der Waals surface area contributed by atoms with Crippen LogP contribution in [0.3, 0.4) is 0 Å². The van der Waals surface area contributed by atoms with Crippen LogP contribution in [0.25, 0.3) is 0 Å². The molecule has 0 aliphatic rings. The van der Waals surface area contributed by atoms with E-state index in [0.717, 1.165) is 0 Å². The normalized spacial score (nSPS) is 6.33. The molecule has 9 heavy (non-hydrogen) atoms. The van der Waals surface area contributed by atoms with Crippen LogP contribution in [0.5, 0.6) is 0 Å². The molecule has 0 atom stereocenters. The minimum Gasteiger partial charge on any atom is -0.356 e. The largest absolute Gasteiger partial charge is 0.356 e. The van der Waals surface area contributed by atoms with Gasteiger partial charge in [-0.1, -0.05) is 0 Å². The molecule has 5 nitrogen and oxygen atoms in total. The van der Waals surface area contributed by atoms with Crippen molar-refractivity contribution in [3.8, 4) is 0 Å². The number of nitrogens with two attached hydrogens (primary N) is 2. The van der Waals surface area contributed by atoms with Crippen LogP contribution in [0.15, 0.2) is 4.99 Å². The van der Waals surface area contributed by atoms with Crippen LogP contribution in [0, 0.1) is 0 Å². The van der Waals surface area contributed by atoms with Gasteiger partial charge in [-0.3, -0.25) is 4.79 Å². The van der Waals surface area contributed by atoms with Gasteiger partial charge in [0.15, 0.2) is 0 Å². The van der Waals surface area contributed by atoms with Crippen molar-refractivity contribution in [3.05, 3.63) is 0 Å². The summed E-state index contributed by atoms with van der Waals surface area (Å²) in [6.07, 6.45) is 0. The number of carbonyl (C=O) groups is 2. The molecule has 6 heteroatoms. The zero-order valence-corrected chi connectivity index (χ0v) is 5.26. The fraction of sp³-hybridized carbons (Fsp3) is 0. The predicted octanol–water partition coefficient (Wildman–Crippen LogP) is 0.0696. The zero-order chi connectivity index (χ0) is 7.86. The number of carbonyl (C=O) groups excluding carboxylic acids is 2. The van der Waals surface area contributed by atoms with E-state index in [9.17, 15) is 4.79 Å². The Kier molecular flexibility index (Phi) is 8.28. The molecule has 0 bridgehead atoms. The van der Waals surface area contributed by atoms with Crippen LogP contribution in [-0.2, 0) is 0 Å². The molecule has 0 unspecified atom stereocenters. The lowest BCUT2D eigenvalue weighted by atomic mass is 11.1. The fourth-order valence-corrected chi connectivity index (χ4v) is 0. The minimum atomic E-state index is -0.861. The maximum Gasteiger partial charge on any atom is 0.337 e. The summed E-state index contributed by atoms with van der Waals surface area (Å²) in [4.78, 5) is 21.1. The molecule has 0 heterocycles. The number of aliphatic imine (C=N–C) groups is 1. The minimum absolute atomic E-state index is 0.731.